The van der Waals surface area contributed by atoms with Crippen LogP contribution in [0.2, 0.25) is 0 Å². The number of piperidine rings is 1. The molecule has 0 radical (unpaired) electrons. The lowest BCUT2D eigenvalue weighted by Gasteiger charge is -2.23. The lowest BCUT2D eigenvalue weighted by Crippen LogP contribution is -2.44. The molecule has 1 aromatic carbocycles. The second-order valence-corrected chi connectivity index (χ2v) is 7.20. The van der Waals surface area contributed by atoms with Gasteiger partial charge in [-0.2, -0.15) is 0 Å². The van der Waals surface area contributed by atoms with Crippen molar-refractivity contribution in [2.75, 3.05) is 11.9 Å². The molecule has 1 fully saturated rings. The Morgan fingerprint density at radius 2 is 1.90 bits per heavy atom. The van der Waals surface area contributed by atoms with E-state index in [0.717, 1.165) is 25.7 Å². The highest BCUT2D eigenvalue weighted by Gasteiger charge is 2.28. The first kappa shape index (κ1) is 20.7. The zero-order valence-corrected chi connectivity index (χ0v) is 16.1. The summed E-state index contributed by atoms with van der Waals surface area (Å²) in [5.41, 5.74) is 0.215. The van der Waals surface area contributed by atoms with E-state index >= 15 is 0 Å². The van der Waals surface area contributed by atoms with Crippen molar-refractivity contribution >= 4 is 34.2 Å². The molecule has 1 saturated heterocycles. The van der Waals surface area contributed by atoms with Crippen molar-refractivity contribution in [3.8, 4) is 0 Å². The predicted octanol–water partition coefficient (Wildman–Crippen LogP) is 1.86. The number of anilines is 1. The Kier molecular flexibility index (Phi) is 6.77. The largest absolute Gasteiger partial charge is 0.396 e. The molecule has 2 heterocycles. The predicted molar refractivity (Wildman–Crippen MR) is 108 cm³/mol. The normalized spacial score (nSPS) is 16.7. The first-order valence-electron chi connectivity index (χ1n) is 9.89. The molecule has 3 rings (SSSR count). The molecule has 154 valence electrons. The van der Waals surface area contributed by atoms with E-state index in [9.17, 15) is 19.2 Å². The zero-order chi connectivity index (χ0) is 20.8. The van der Waals surface area contributed by atoms with Gasteiger partial charge >= 0.3 is 0 Å². The van der Waals surface area contributed by atoms with Crippen LogP contribution in [0.25, 0.3) is 10.8 Å². The third-order valence-corrected chi connectivity index (χ3v) is 5.10. The van der Waals surface area contributed by atoms with Crippen LogP contribution in [0.3, 0.4) is 0 Å². The molecule has 1 aliphatic rings. The van der Waals surface area contributed by atoms with Crippen molar-refractivity contribution < 1.29 is 19.5 Å². The fourth-order valence-electron chi connectivity index (χ4n) is 3.56. The molecule has 1 aliphatic heterocycles. The van der Waals surface area contributed by atoms with Crippen LogP contribution in [0, 0.1) is 0 Å². The number of nitrogens with one attached hydrogen (secondary N) is 2. The minimum atomic E-state index is -0.721. The first-order valence-corrected chi connectivity index (χ1v) is 9.89. The Balaban J connectivity index is 1.77. The number of amides is 3. The summed E-state index contributed by atoms with van der Waals surface area (Å²) in [7, 11) is 0. The van der Waals surface area contributed by atoms with Crippen LogP contribution in [-0.4, -0.2) is 34.0 Å². The molecule has 1 aromatic heterocycles. The van der Waals surface area contributed by atoms with Crippen LogP contribution in [0.4, 0.5) is 5.69 Å². The number of imide groups is 1. The SMILES string of the molecule is O=C1CCC(n2ccc3c(NC(=O)CCCCCCO)cccc3c2=O)C(=O)N1. The minimum Gasteiger partial charge on any atom is -0.396 e. The Hall–Kier alpha value is -3.00. The zero-order valence-electron chi connectivity index (χ0n) is 16.1. The number of aliphatic hydroxyl groups excluding tert-OH is 1. The Morgan fingerprint density at radius 3 is 2.66 bits per heavy atom. The smallest absolute Gasteiger partial charge is 0.259 e. The summed E-state index contributed by atoms with van der Waals surface area (Å²) in [6.45, 7) is 0.165. The standard InChI is InChI=1S/C21H25N3O5/c25-13-4-2-1-3-8-18(26)22-16-7-5-6-15-14(16)11-12-24(21(15)29)17-9-10-19(27)23-20(17)28/h5-7,11-12,17,25H,1-4,8-10,13H2,(H,22,26)(H,23,27,28). The van der Waals surface area contributed by atoms with E-state index in [4.69, 9.17) is 5.11 Å². The molecular weight excluding hydrogens is 374 g/mol. The number of aliphatic hydroxyl groups is 1. The minimum absolute atomic E-state index is 0.129. The van der Waals surface area contributed by atoms with E-state index < -0.39 is 11.9 Å². The molecule has 3 amide bonds. The summed E-state index contributed by atoms with van der Waals surface area (Å²) in [5.74, 6) is -0.939. The number of nitrogens with zero attached hydrogens (tertiary/aromatic N) is 1. The van der Waals surface area contributed by atoms with Crippen LogP contribution in [-0.2, 0) is 14.4 Å². The number of fused-ring (bicyclic) bond motifs is 1. The monoisotopic (exact) mass is 399 g/mol. The number of carbonyl (C=O) groups is 3. The second-order valence-electron chi connectivity index (χ2n) is 7.20. The summed E-state index contributed by atoms with van der Waals surface area (Å²) in [4.78, 5) is 48.6. The summed E-state index contributed by atoms with van der Waals surface area (Å²) >= 11 is 0. The van der Waals surface area contributed by atoms with E-state index in [1.165, 1.54) is 10.8 Å². The van der Waals surface area contributed by atoms with Crippen molar-refractivity contribution in [1.29, 1.82) is 0 Å². The van der Waals surface area contributed by atoms with Crippen LogP contribution in [0.15, 0.2) is 35.3 Å². The van der Waals surface area contributed by atoms with Gasteiger partial charge in [0.05, 0.1) is 0 Å². The summed E-state index contributed by atoms with van der Waals surface area (Å²) in [5, 5.41) is 14.9. The van der Waals surface area contributed by atoms with Crippen LogP contribution in [0.1, 0.15) is 51.0 Å². The van der Waals surface area contributed by atoms with Gasteiger partial charge < -0.3 is 15.0 Å². The molecule has 0 bridgehead atoms. The van der Waals surface area contributed by atoms with Gasteiger partial charge in [-0.25, -0.2) is 0 Å². The molecule has 1 atom stereocenters. The quantitative estimate of drug-likeness (QED) is 0.463. The van der Waals surface area contributed by atoms with Crippen LogP contribution < -0.4 is 16.2 Å². The number of hydrogen-bond acceptors (Lipinski definition) is 5. The van der Waals surface area contributed by atoms with E-state index in [-0.39, 0.29) is 36.8 Å². The number of benzene rings is 1. The molecule has 1 unspecified atom stereocenters. The van der Waals surface area contributed by atoms with E-state index in [1.807, 2.05) is 0 Å². The number of carbonyl (C=O) groups excluding carboxylic acids is 3. The fraction of sp³-hybridized carbons (Fsp3) is 0.429. The molecule has 8 heteroatoms. The maximum atomic E-state index is 12.9. The van der Waals surface area contributed by atoms with Gasteiger partial charge in [0.1, 0.15) is 6.04 Å². The van der Waals surface area contributed by atoms with Gasteiger partial charge in [0.15, 0.2) is 0 Å². The molecule has 8 nitrogen and oxygen atoms in total. The van der Waals surface area contributed by atoms with Crippen molar-refractivity contribution in [1.82, 2.24) is 9.88 Å². The highest BCUT2D eigenvalue weighted by Crippen LogP contribution is 2.23. The summed E-state index contributed by atoms with van der Waals surface area (Å²) in [6, 6.07) is 6.07. The van der Waals surface area contributed by atoms with Crippen molar-refractivity contribution in [3.05, 3.63) is 40.8 Å². The van der Waals surface area contributed by atoms with Crippen molar-refractivity contribution in [2.45, 2.75) is 51.0 Å². The number of pyridine rings is 1. The van der Waals surface area contributed by atoms with Gasteiger partial charge in [0.2, 0.25) is 17.7 Å². The van der Waals surface area contributed by atoms with Crippen molar-refractivity contribution in [2.24, 2.45) is 0 Å². The fourth-order valence-corrected chi connectivity index (χ4v) is 3.56. The topological polar surface area (TPSA) is 118 Å². The number of aromatic nitrogens is 1. The Morgan fingerprint density at radius 1 is 1.10 bits per heavy atom. The highest BCUT2D eigenvalue weighted by molar-refractivity contribution is 6.02. The molecule has 2 aromatic rings. The van der Waals surface area contributed by atoms with Gasteiger partial charge in [0.25, 0.3) is 5.56 Å². The summed E-state index contributed by atoms with van der Waals surface area (Å²) < 4.78 is 1.34. The van der Waals surface area contributed by atoms with E-state index in [2.05, 4.69) is 10.6 Å². The average Bonchev–Trinajstić information content (AvgIpc) is 2.69. The maximum Gasteiger partial charge on any atom is 0.259 e. The molecule has 0 spiro atoms. The molecule has 0 aliphatic carbocycles. The second kappa shape index (κ2) is 9.47. The van der Waals surface area contributed by atoms with Gasteiger partial charge in [-0.1, -0.05) is 18.9 Å². The van der Waals surface area contributed by atoms with Gasteiger partial charge in [-0.05, 0) is 37.5 Å². The van der Waals surface area contributed by atoms with Crippen LogP contribution >= 0.6 is 0 Å². The van der Waals surface area contributed by atoms with E-state index in [0.29, 0.717) is 22.9 Å². The lowest BCUT2D eigenvalue weighted by atomic mass is 10.0. The maximum absolute atomic E-state index is 12.9. The number of unbranched alkanes of at least 4 members (excludes halogenated alkanes) is 3. The molecule has 3 N–H and O–H groups in total. The summed E-state index contributed by atoms with van der Waals surface area (Å²) in [6.07, 6.45) is 5.61. The first-order chi connectivity index (χ1) is 14.0. The lowest BCUT2D eigenvalue weighted by molar-refractivity contribution is -0.135. The van der Waals surface area contributed by atoms with E-state index in [1.54, 1.807) is 24.3 Å². The van der Waals surface area contributed by atoms with Crippen LogP contribution in [0.5, 0.6) is 0 Å². The number of hydrogen-bond donors (Lipinski definition) is 3. The van der Waals surface area contributed by atoms with Gasteiger partial charge in [-0.3, -0.25) is 24.5 Å². The molecule has 29 heavy (non-hydrogen) atoms. The van der Waals surface area contributed by atoms with Gasteiger partial charge in [0, 0.05) is 42.1 Å². The Bertz CT molecular complexity index is 982. The molecule has 0 saturated carbocycles. The average molecular weight is 399 g/mol. The third kappa shape index (κ3) is 4.89. The van der Waals surface area contributed by atoms with Gasteiger partial charge in [-0.15, -0.1) is 0 Å². The Labute approximate surface area is 167 Å². The number of rotatable bonds is 8. The molecular formula is C21H25N3O5. The third-order valence-electron chi connectivity index (χ3n) is 5.10. The van der Waals surface area contributed by atoms with Crippen molar-refractivity contribution in [3.63, 3.8) is 0 Å². The highest BCUT2D eigenvalue weighted by atomic mass is 16.3.